The summed E-state index contributed by atoms with van der Waals surface area (Å²) in [5, 5.41) is 0. The quantitative estimate of drug-likeness (QED) is 0.786. The van der Waals surface area contributed by atoms with Crippen molar-refractivity contribution in [1.29, 1.82) is 0 Å². The van der Waals surface area contributed by atoms with Crippen LogP contribution in [0.1, 0.15) is 29.5 Å². The van der Waals surface area contributed by atoms with Gasteiger partial charge in [0.1, 0.15) is 13.2 Å². The second-order valence-electron chi connectivity index (χ2n) is 4.88. The van der Waals surface area contributed by atoms with E-state index in [1.54, 1.807) is 0 Å². The van der Waals surface area contributed by atoms with Crippen LogP contribution in [0.15, 0.2) is 6.07 Å². The number of aryl methyl sites for hydroxylation is 1. The molecule has 3 heteroatoms. The Morgan fingerprint density at radius 2 is 1.75 bits per heavy atom. The molecule has 1 aliphatic carbocycles. The molecule has 3 rings (SSSR count). The summed E-state index contributed by atoms with van der Waals surface area (Å²) >= 11 is 0. The summed E-state index contributed by atoms with van der Waals surface area (Å²) in [5.41, 5.74) is 9.64. The van der Waals surface area contributed by atoms with Crippen molar-refractivity contribution in [3.8, 4) is 11.5 Å². The zero-order valence-corrected chi connectivity index (χ0v) is 9.80. The normalized spacial score (nSPS) is 20.7. The van der Waals surface area contributed by atoms with Crippen molar-refractivity contribution >= 4 is 0 Å². The van der Waals surface area contributed by atoms with Crippen LogP contribution >= 0.6 is 0 Å². The van der Waals surface area contributed by atoms with Crippen LogP contribution in [0.5, 0.6) is 11.5 Å². The van der Waals surface area contributed by atoms with Crippen molar-refractivity contribution in [2.24, 2.45) is 5.73 Å². The lowest BCUT2D eigenvalue weighted by molar-refractivity contribution is 0.167. The molecule has 0 aromatic heterocycles. The lowest BCUT2D eigenvalue weighted by Gasteiger charge is -2.26. The smallest absolute Gasteiger partial charge is 0.166 e. The standard InChI is InChI=1S/C13H17NO2/c1-8-7-10(13(14)3-4-13)12-11(9(8)2)15-5-6-16-12/h7H,3-6,14H2,1-2H3. The summed E-state index contributed by atoms with van der Waals surface area (Å²) in [4.78, 5) is 0. The van der Waals surface area contributed by atoms with E-state index in [0.717, 1.165) is 29.9 Å². The third kappa shape index (κ3) is 1.31. The first kappa shape index (κ1) is 9.97. The predicted octanol–water partition coefficient (Wildman–Crippen LogP) is 2.02. The lowest BCUT2D eigenvalue weighted by Crippen LogP contribution is -2.24. The SMILES string of the molecule is Cc1cc(C2(N)CC2)c2c(c1C)OCCO2. The van der Waals surface area contributed by atoms with Crippen LogP contribution in [0.4, 0.5) is 0 Å². The molecule has 1 aromatic rings. The number of ether oxygens (including phenoxy) is 2. The van der Waals surface area contributed by atoms with Crippen LogP contribution in [0.2, 0.25) is 0 Å². The molecule has 1 aliphatic heterocycles. The van der Waals surface area contributed by atoms with E-state index in [1.807, 2.05) is 0 Å². The average Bonchev–Trinajstić information content (AvgIpc) is 3.03. The fourth-order valence-electron chi connectivity index (χ4n) is 2.24. The Labute approximate surface area is 95.5 Å². The number of hydrogen-bond donors (Lipinski definition) is 1. The zero-order chi connectivity index (χ0) is 11.3. The molecule has 0 spiro atoms. The molecule has 0 saturated heterocycles. The van der Waals surface area contributed by atoms with Crippen molar-refractivity contribution < 1.29 is 9.47 Å². The van der Waals surface area contributed by atoms with Gasteiger partial charge in [-0.1, -0.05) is 0 Å². The van der Waals surface area contributed by atoms with Crippen molar-refractivity contribution in [3.05, 3.63) is 22.8 Å². The summed E-state index contributed by atoms with van der Waals surface area (Å²) in [6.45, 7) is 5.43. The minimum absolute atomic E-state index is 0.163. The van der Waals surface area contributed by atoms with E-state index < -0.39 is 0 Å². The first-order valence-electron chi connectivity index (χ1n) is 5.81. The Morgan fingerprint density at radius 1 is 1.12 bits per heavy atom. The van der Waals surface area contributed by atoms with E-state index in [1.165, 1.54) is 11.1 Å². The van der Waals surface area contributed by atoms with E-state index in [2.05, 4.69) is 19.9 Å². The van der Waals surface area contributed by atoms with E-state index >= 15 is 0 Å². The monoisotopic (exact) mass is 219 g/mol. The Hall–Kier alpha value is -1.22. The highest BCUT2D eigenvalue weighted by Gasteiger charge is 2.44. The molecule has 16 heavy (non-hydrogen) atoms. The van der Waals surface area contributed by atoms with Gasteiger partial charge in [-0.2, -0.15) is 0 Å². The third-order valence-electron chi connectivity index (χ3n) is 3.65. The first-order valence-corrected chi connectivity index (χ1v) is 5.81. The topological polar surface area (TPSA) is 44.5 Å². The number of rotatable bonds is 1. The molecule has 0 bridgehead atoms. The van der Waals surface area contributed by atoms with E-state index in [-0.39, 0.29) is 5.54 Å². The minimum atomic E-state index is -0.163. The zero-order valence-electron chi connectivity index (χ0n) is 9.80. The predicted molar refractivity (Wildman–Crippen MR) is 62.0 cm³/mol. The Morgan fingerprint density at radius 3 is 2.38 bits per heavy atom. The molecule has 1 saturated carbocycles. The molecule has 0 amide bonds. The van der Waals surface area contributed by atoms with Gasteiger partial charge in [0.15, 0.2) is 11.5 Å². The fraction of sp³-hybridized carbons (Fsp3) is 0.538. The van der Waals surface area contributed by atoms with Crippen molar-refractivity contribution in [3.63, 3.8) is 0 Å². The molecule has 0 radical (unpaired) electrons. The van der Waals surface area contributed by atoms with Gasteiger partial charge in [0.05, 0.1) is 0 Å². The van der Waals surface area contributed by atoms with Gasteiger partial charge in [-0.3, -0.25) is 0 Å². The summed E-state index contributed by atoms with van der Waals surface area (Å²) in [7, 11) is 0. The number of benzene rings is 1. The summed E-state index contributed by atoms with van der Waals surface area (Å²) in [6, 6.07) is 2.16. The van der Waals surface area contributed by atoms with Crippen LogP contribution in [-0.2, 0) is 5.54 Å². The first-order chi connectivity index (χ1) is 7.62. The lowest BCUT2D eigenvalue weighted by atomic mass is 9.97. The van der Waals surface area contributed by atoms with Gasteiger partial charge in [-0.15, -0.1) is 0 Å². The van der Waals surface area contributed by atoms with Gasteiger partial charge in [0.2, 0.25) is 0 Å². The molecule has 2 aliphatic rings. The van der Waals surface area contributed by atoms with Gasteiger partial charge in [0, 0.05) is 11.1 Å². The van der Waals surface area contributed by atoms with Gasteiger partial charge in [-0.05, 0) is 43.9 Å². The largest absolute Gasteiger partial charge is 0.486 e. The van der Waals surface area contributed by atoms with E-state index in [4.69, 9.17) is 15.2 Å². The molecule has 0 atom stereocenters. The second-order valence-corrected chi connectivity index (χ2v) is 4.88. The highest BCUT2D eigenvalue weighted by molar-refractivity contribution is 5.58. The molecule has 1 aromatic carbocycles. The van der Waals surface area contributed by atoms with Crippen molar-refractivity contribution in [2.45, 2.75) is 32.2 Å². The molecular weight excluding hydrogens is 202 g/mol. The Balaban J connectivity index is 2.21. The maximum absolute atomic E-state index is 6.28. The molecule has 86 valence electrons. The fourth-order valence-corrected chi connectivity index (χ4v) is 2.24. The maximum Gasteiger partial charge on any atom is 0.166 e. The third-order valence-corrected chi connectivity index (χ3v) is 3.65. The van der Waals surface area contributed by atoms with Crippen LogP contribution in [0.25, 0.3) is 0 Å². The average molecular weight is 219 g/mol. The molecule has 1 heterocycles. The van der Waals surface area contributed by atoms with Crippen molar-refractivity contribution in [2.75, 3.05) is 13.2 Å². The highest BCUT2D eigenvalue weighted by Crippen LogP contribution is 2.51. The number of fused-ring (bicyclic) bond motifs is 1. The van der Waals surface area contributed by atoms with Crippen molar-refractivity contribution in [1.82, 2.24) is 0 Å². The molecule has 2 N–H and O–H groups in total. The summed E-state index contributed by atoms with van der Waals surface area (Å²) in [6.07, 6.45) is 2.09. The van der Waals surface area contributed by atoms with E-state index in [9.17, 15) is 0 Å². The number of hydrogen-bond acceptors (Lipinski definition) is 3. The Kier molecular flexibility index (Phi) is 1.96. The molecular formula is C13H17NO2. The van der Waals surface area contributed by atoms with Crippen LogP contribution in [0.3, 0.4) is 0 Å². The van der Waals surface area contributed by atoms with Gasteiger partial charge in [-0.25, -0.2) is 0 Å². The van der Waals surface area contributed by atoms with Gasteiger partial charge in [0.25, 0.3) is 0 Å². The molecule has 3 nitrogen and oxygen atoms in total. The van der Waals surface area contributed by atoms with Gasteiger partial charge >= 0.3 is 0 Å². The van der Waals surface area contributed by atoms with Crippen LogP contribution < -0.4 is 15.2 Å². The summed E-state index contributed by atoms with van der Waals surface area (Å²) in [5.74, 6) is 1.78. The van der Waals surface area contributed by atoms with Crippen LogP contribution in [0, 0.1) is 13.8 Å². The molecule has 1 fully saturated rings. The van der Waals surface area contributed by atoms with Crippen LogP contribution in [-0.4, -0.2) is 13.2 Å². The molecule has 0 unspecified atom stereocenters. The minimum Gasteiger partial charge on any atom is -0.486 e. The second kappa shape index (κ2) is 3.14. The Bertz CT molecular complexity index is 450. The summed E-state index contributed by atoms with van der Waals surface area (Å²) < 4.78 is 11.5. The number of nitrogens with two attached hydrogens (primary N) is 1. The van der Waals surface area contributed by atoms with Gasteiger partial charge < -0.3 is 15.2 Å². The maximum atomic E-state index is 6.28. The highest BCUT2D eigenvalue weighted by atomic mass is 16.6. The van der Waals surface area contributed by atoms with E-state index in [0.29, 0.717) is 13.2 Å².